The molecule has 0 fully saturated rings. The van der Waals surface area contributed by atoms with Gasteiger partial charge in [0.1, 0.15) is 5.60 Å². The molecule has 2 aromatic carbocycles. The maximum absolute atomic E-state index is 12.1. The molecule has 2 aromatic rings. The smallest absolute Gasteiger partial charge is 0.319 e. The minimum atomic E-state index is -0.975. The Hall–Kier alpha value is -2.33. The number of hydrogen-bond acceptors (Lipinski definition) is 2. The lowest BCUT2D eigenvalue weighted by Crippen LogP contribution is -2.41. The number of rotatable bonds is 3. The van der Waals surface area contributed by atoms with Crippen LogP contribution in [0.3, 0.4) is 0 Å². The molecule has 3 rings (SSSR count). The number of hydrogen-bond donors (Lipinski definition) is 3. The number of nitrogens with one attached hydrogen (secondary N) is 2. The Labute approximate surface area is 136 Å². The van der Waals surface area contributed by atoms with Gasteiger partial charge in [-0.1, -0.05) is 30.3 Å². The molecule has 0 aliphatic heterocycles. The van der Waals surface area contributed by atoms with Crippen molar-refractivity contribution in [2.45, 2.75) is 32.3 Å². The fraction of sp³-hybridized carbons (Fsp3) is 0.316. The summed E-state index contributed by atoms with van der Waals surface area (Å²) >= 11 is 0. The van der Waals surface area contributed by atoms with Crippen LogP contribution in [0.2, 0.25) is 0 Å². The number of carbonyl (C=O) groups is 1. The zero-order valence-electron chi connectivity index (χ0n) is 13.5. The number of urea groups is 1. The van der Waals surface area contributed by atoms with Gasteiger partial charge in [0.15, 0.2) is 0 Å². The lowest BCUT2D eigenvalue weighted by Gasteiger charge is -2.24. The number of carbonyl (C=O) groups excluding carboxylic acids is 1. The Morgan fingerprint density at radius 1 is 1.17 bits per heavy atom. The Balaban J connectivity index is 1.62. The van der Waals surface area contributed by atoms with Crippen molar-refractivity contribution in [3.05, 3.63) is 64.7 Å². The number of aliphatic hydroxyl groups is 1. The Bertz CT molecular complexity index is 742. The standard InChI is InChI=1S/C19H22N2O2/c1-13-7-8-16(11-14(13)2)21-18(22)20-12-19(23)10-9-15-5-3-4-6-17(15)19/h3-8,11,23H,9-10,12H2,1-2H3,(H2,20,21,22). The van der Waals surface area contributed by atoms with E-state index in [1.54, 1.807) is 0 Å². The summed E-state index contributed by atoms with van der Waals surface area (Å²) in [5.74, 6) is 0. The number of aryl methyl sites for hydroxylation is 3. The van der Waals surface area contributed by atoms with Gasteiger partial charge in [-0.25, -0.2) is 4.79 Å². The normalized spacial score (nSPS) is 19.3. The molecule has 0 radical (unpaired) electrons. The third-order valence-electron chi connectivity index (χ3n) is 4.63. The molecular weight excluding hydrogens is 288 g/mol. The van der Waals surface area contributed by atoms with E-state index in [-0.39, 0.29) is 12.6 Å². The average molecular weight is 310 g/mol. The molecule has 2 amide bonds. The van der Waals surface area contributed by atoms with Crippen molar-refractivity contribution >= 4 is 11.7 Å². The number of amides is 2. The van der Waals surface area contributed by atoms with Gasteiger partial charge in [-0.2, -0.15) is 0 Å². The van der Waals surface area contributed by atoms with Crippen LogP contribution >= 0.6 is 0 Å². The molecule has 1 aliphatic rings. The van der Waals surface area contributed by atoms with E-state index in [1.807, 2.05) is 56.3 Å². The van der Waals surface area contributed by atoms with Crippen molar-refractivity contribution in [3.63, 3.8) is 0 Å². The number of benzene rings is 2. The van der Waals surface area contributed by atoms with Gasteiger partial charge >= 0.3 is 6.03 Å². The van der Waals surface area contributed by atoms with Crippen molar-refractivity contribution in [3.8, 4) is 0 Å². The molecule has 4 nitrogen and oxygen atoms in total. The molecule has 1 aliphatic carbocycles. The third kappa shape index (κ3) is 3.22. The van der Waals surface area contributed by atoms with E-state index in [2.05, 4.69) is 10.6 Å². The van der Waals surface area contributed by atoms with Gasteiger partial charge in [-0.3, -0.25) is 0 Å². The maximum atomic E-state index is 12.1. The van der Waals surface area contributed by atoms with Crippen LogP contribution < -0.4 is 10.6 Å². The maximum Gasteiger partial charge on any atom is 0.319 e. The minimum absolute atomic E-state index is 0.209. The molecule has 0 heterocycles. The monoisotopic (exact) mass is 310 g/mol. The highest BCUT2D eigenvalue weighted by Gasteiger charge is 2.36. The van der Waals surface area contributed by atoms with Crippen LogP contribution in [0.4, 0.5) is 10.5 Å². The summed E-state index contributed by atoms with van der Waals surface area (Å²) in [7, 11) is 0. The summed E-state index contributed by atoms with van der Waals surface area (Å²) in [6.07, 6.45) is 1.48. The molecule has 0 saturated heterocycles. The van der Waals surface area contributed by atoms with Gasteiger partial charge in [-0.15, -0.1) is 0 Å². The molecule has 3 N–H and O–H groups in total. The topological polar surface area (TPSA) is 61.4 Å². The minimum Gasteiger partial charge on any atom is -0.383 e. The first-order valence-electron chi connectivity index (χ1n) is 7.91. The number of fused-ring (bicyclic) bond motifs is 1. The van der Waals surface area contributed by atoms with Crippen molar-refractivity contribution in [2.24, 2.45) is 0 Å². The zero-order valence-corrected chi connectivity index (χ0v) is 13.5. The summed E-state index contributed by atoms with van der Waals surface area (Å²) in [5, 5.41) is 16.4. The fourth-order valence-electron chi connectivity index (χ4n) is 3.07. The third-order valence-corrected chi connectivity index (χ3v) is 4.63. The van der Waals surface area contributed by atoms with Crippen LogP contribution in [0.1, 0.15) is 28.7 Å². The van der Waals surface area contributed by atoms with Crippen LogP contribution in [0.25, 0.3) is 0 Å². The van der Waals surface area contributed by atoms with Crippen LogP contribution in [0.5, 0.6) is 0 Å². The van der Waals surface area contributed by atoms with E-state index in [0.717, 1.165) is 28.8 Å². The molecule has 120 valence electrons. The highest BCUT2D eigenvalue weighted by molar-refractivity contribution is 5.89. The summed E-state index contributed by atoms with van der Waals surface area (Å²) in [6, 6.07) is 13.4. The van der Waals surface area contributed by atoms with Gasteiger partial charge in [0, 0.05) is 5.69 Å². The first-order chi connectivity index (χ1) is 11.0. The van der Waals surface area contributed by atoms with Gasteiger partial charge in [0.05, 0.1) is 6.54 Å². The van der Waals surface area contributed by atoms with Gasteiger partial charge in [0.2, 0.25) is 0 Å². The Kier molecular flexibility index (Phi) is 4.09. The summed E-state index contributed by atoms with van der Waals surface area (Å²) < 4.78 is 0. The predicted octanol–water partition coefficient (Wildman–Crippen LogP) is 3.26. The van der Waals surface area contributed by atoms with Crippen molar-refractivity contribution in [2.75, 3.05) is 11.9 Å². The number of anilines is 1. The summed E-state index contributed by atoms with van der Waals surface area (Å²) in [4.78, 5) is 12.1. The molecule has 0 aromatic heterocycles. The fourth-order valence-corrected chi connectivity index (χ4v) is 3.07. The average Bonchev–Trinajstić information content (AvgIpc) is 2.88. The quantitative estimate of drug-likeness (QED) is 0.815. The second-order valence-corrected chi connectivity index (χ2v) is 6.30. The molecule has 0 spiro atoms. The molecular formula is C19H22N2O2. The molecule has 1 atom stereocenters. The van der Waals surface area contributed by atoms with E-state index in [1.165, 1.54) is 5.56 Å². The van der Waals surface area contributed by atoms with Crippen molar-refractivity contribution in [1.29, 1.82) is 0 Å². The lowest BCUT2D eigenvalue weighted by molar-refractivity contribution is 0.0417. The van der Waals surface area contributed by atoms with E-state index in [4.69, 9.17) is 0 Å². The zero-order chi connectivity index (χ0) is 16.4. The second-order valence-electron chi connectivity index (χ2n) is 6.30. The van der Waals surface area contributed by atoms with Crippen LogP contribution in [-0.2, 0) is 12.0 Å². The molecule has 0 bridgehead atoms. The van der Waals surface area contributed by atoms with Crippen molar-refractivity contribution in [1.82, 2.24) is 5.32 Å². The van der Waals surface area contributed by atoms with E-state index in [9.17, 15) is 9.90 Å². The van der Waals surface area contributed by atoms with E-state index >= 15 is 0 Å². The second kappa shape index (κ2) is 6.05. The highest BCUT2D eigenvalue weighted by atomic mass is 16.3. The van der Waals surface area contributed by atoms with Gasteiger partial charge in [0.25, 0.3) is 0 Å². The largest absolute Gasteiger partial charge is 0.383 e. The Morgan fingerprint density at radius 3 is 2.74 bits per heavy atom. The lowest BCUT2D eigenvalue weighted by atomic mass is 9.96. The summed E-state index contributed by atoms with van der Waals surface area (Å²) in [5.41, 5.74) is 4.18. The summed E-state index contributed by atoms with van der Waals surface area (Å²) in [6.45, 7) is 4.25. The van der Waals surface area contributed by atoms with Crippen molar-refractivity contribution < 1.29 is 9.90 Å². The van der Waals surface area contributed by atoms with Crippen LogP contribution in [0.15, 0.2) is 42.5 Å². The first-order valence-corrected chi connectivity index (χ1v) is 7.91. The van der Waals surface area contributed by atoms with Crippen LogP contribution in [0, 0.1) is 13.8 Å². The molecule has 23 heavy (non-hydrogen) atoms. The first kappa shape index (κ1) is 15.6. The van der Waals surface area contributed by atoms with Crippen LogP contribution in [-0.4, -0.2) is 17.7 Å². The highest BCUT2D eigenvalue weighted by Crippen LogP contribution is 2.36. The van der Waals surface area contributed by atoms with E-state index in [0.29, 0.717) is 6.42 Å². The van der Waals surface area contributed by atoms with E-state index < -0.39 is 5.60 Å². The van der Waals surface area contributed by atoms with Gasteiger partial charge in [-0.05, 0) is 61.1 Å². The Morgan fingerprint density at radius 2 is 1.96 bits per heavy atom. The SMILES string of the molecule is Cc1ccc(NC(=O)NCC2(O)CCc3ccccc32)cc1C. The predicted molar refractivity (Wildman–Crippen MR) is 91.6 cm³/mol. The molecule has 1 unspecified atom stereocenters. The molecule has 0 saturated carbocycles. The van der Waals surface area contributed by atoms with Gasteiger partial charge < -0.3 is 15.7 Å². The molecule has 4 heteroatoms.